The lowest BCUT2D eigenvalue weighted by Gasteiger charge is -2.13. The lowest BCUT2D eigenvalue weighted by molar-refractivity contribution is 0.0857. The number of para-hydroxylation sites is 1. The van der Waals surface area contributed by atoms with E-state index in [2.05, 4.69) is 10.4 Å². The Morgan fingerprint density at radius 2 is 2.08 bits per heavy atom. The molecule has 0 aliphatic carbocycles. The third-order valence-corrected chi connectivity index (χ3v) is 4.43. The summed E-state index contributed by atoms with van der Waals surface area (Å²) in [5.41, 5.74) is 0.664. The molecule has 1 fully saturated rings. The highest BCUT2D eigenvalue weighted by molar-refractivity contribution is 5.97. The van der Waals surface area contributed by atoms with Crippen LogP contribution in [-0.4, -0.2) is 39.5 Å². The monoisotopic (exact) mass is 354 g/mol. The van der Waals surface area contributed by atoms with Gasteiger partial charge in [-0.05, 0) is 37.1 Å². The average Bonchev–Trinajstić information content (AvgIpc) is 3.40. The molecule has 3 heterocycles. The fraction of sp³-hybridized carbons (Fsp3) is 0.263. The third kappa shape index (κ3) is 3.13. The molecule has 0 spiro atoms. The molecule has 3 aromatic rings. The van der Waals surface area contributed by atoms with Gasteiger partial charge in [0.1, 0.15) is 17.1 Å². The van der Waals surface area contributed by atoms with Crippen molar-refractivity contribution in [3.05, 3.63) is 66.4 Å². The normalized spacial score (nSPS) is 16.7. The van der Waals surface area contributed by atoms with Gasteiger partial charge in [-0.1, -0.05) is 12.1 Å². The summed E-state index contributed by atoms with van der Waals surface area (Å²) in [5, 5.41) is 7.17. The summed E-state index contributed by atoms with van der Waals surface area (Å²) in [4.78, 5) is 12.7. The first-order valence-electron chi connectivity index (χ1n) is 8.60. The number of hydrogen-bond acceptors (Lipinski definition) is 3. The summed E-state index contributed by atoms with van der Waals surface area (Å²) in [5.74, 6) is -0.174. The predicted molar refractivity (Wildman–Crippen MR) is 94.2 cm³/mol. The van der Waals surface area contributed by atoms with Crippen LogP contribution in [-0.2, 0) is 4.74 Å². The number of halogens is 1. The molecule has 1 saturated heterocycles. The maximum atomic E-state index is 14.3. The van der Waals surface area contributed by atoms with Crippen molar-refractivity contribution in [3.63, 3.8) is 0 Å². The standard InChI is InChI=1S/C19H19FN4O2/c20-16-7-1-2-8-17(16)24-19(23-9-3-4-10-23)15(13-22-24)18(25)21-12-14-6-5-11-26-14/h1-4,7-10,13-14H,5-6,11-12H2,(H,21,25)/t14-/m1/s1. The van der Waals surface area contributed by atoms with E-state index in [4.69, 9.17) is 4.74 Å². The minimum Gasteiger partial charge on any atom is -0.376 e. The number of rotatable bonds is 5. The Morgan fingerprint density at radius 1 is 1.27 bits per heavy atom. The summed E-state index contributed by atoms with van der Waals surface area (Å²) < 4.78 is 23.0. The largest absolute Gasteiger partial charge is 0.376 e. The van der Waals surface area contributed by atoms with Crippen molar-refractivity contribution in [2.24, 2.45) is 0 Å². The molecular weight excluding hydrogens is 335 g/mol. The molecule has 4 rings (SSSR count). The first-order chi connectivity index (χ1) is 12.7. The van der Waals surface area contributed by atoms with Crippen molar-refractivity contribution in [1.82, 2.24) is 19.7 Å². The number of amides is 1. The van der Waals surface area contributed by atoms with E-state index in [9.17, 15) is 9.18 Å². The van der Waals surface area contributed by atoms with Gasteiger partial charge < -0.3 is 14.6 Å². The van der Waals surface area contributed by atoms with Crippen LogP contribution in [0.4, 0.5) is 4.39 Å². The van der Waals surface area contributed by atoms with Crippen molar-refractivity contribution in [1.29, 1.82) is 0 Å². The smallest absolute Gasteiger partial charge is 0.256 e. The Hall–Kier alpha value is -2.93. The van der Waals surface area contributed by atoms with Gasteiger partial charge in [0, 0.05) is 25.5 Å². The topological polar surface area (TPSA) is 61.1 Å². The average molecular weight is 354 g/mol. The lowest BCUT2D eigenvalue weighted by atomic mass is 10.2. The molecule has 0 radical (unpaired) electrons. The minimum absolute atomic E-state index is 0.0515. The molecule has 7 heteroatoms. The van der Waals surface area contributed by atoms with Gasteiger partial charge in [-0.3, -0.25) is 4.79 Å². The molecule has 1 aliphatic heterocycles. The molecule has 2 aromatic heterocycles. The number of hydrogen-bond donors (Lipinski definition) is 1. The predicted octanol–water partition coefficient (Wildman–Crippen LogP) is 2.71. The van der Waals surface area contributed by atoms with Crippen molar-refractivity contribution >= 4 is 5.91 Å². The maximum Gasteiger partial charge on any atom is 0.256 e. The minimum atomic E-state index is -0.407. The van der Waals surface area contributed by atoms with Crippen LogP contribution in [0.2, 0.25) is 0 Å². The quantitative estimate of drug-likeness (QED) is 0.766. The van der Waals surface area contributed by atoms with Crippen molar-refractivity contribution in [2.45, 2.75) is 18.9 Å². The number of carbonyl (C=O) groups is 1. The van der Waals surface area contributed by atoms with Crippen LogP contribution < -0.4 is 5.32 Å². The van der Waals surface area contributed by atoms with E-state index in [0.29, 0.717) is 17.9 Å². The molecule has 1 atom stereocenters. The molecule has 1 aliphatic rings. The van der Waals surface area contributed by atoms with E-state index in [1.165, 1.54) is 16.9 Å². The van der Waals surface area contributed by atoms with Crippen LogP contribution in [0, 0.1) is 5.82 Å². The number of aromatic nitrogens is 3. The Morgan fingerprint density at radius 3 is 2.81 bits per heavy atom. The second kappa shape index (κ2) is 7.13. The number of benzene rings is 1. The van der Waals surface area contributed by atoms with Gasteiger partial charge >= 0.3 is 0 Å². The highest BCUT2D eigenvalue weighted by Crippen LogP contribution is 2.22. The first-order valence-corrected chi connectivity index (χ1v) is 8.60. The fourth-order valence-electron chi connectivity index (χ4n) is 3.13. The second-order valence-electron chi connectivity index (χ2n) is 6.18. The summed E-state index contributed by atoms with van der Waals surface area (Å²) in [6.07, 6.45) is 7.07. The zero-order valence-electron chi connectivity index (χ0n) is 14.1. The number of nitrogens with one attached hydrogen (secondary N) is 1. The lowest BCUT2D eigenvalue weighted by Crippen LogP contribution is -2.32. The molecule has 1 amide bonds. The van der Waals surface area contributed by atoms with E-state index in [-0.39, 0.29) is 17.7 Å². The number of nitrogens with zero attached hydrogens (tertiary/aromatic N) is 3. The maximum absolute atomic E-state index is 14.3. The van der Waals surface area contributed by atoms with Gasteiger partial charge in [-0.15, -0.1) is 0 Å². The molecule has 0 saturated carbocycles. The van der Waals surface area contributed by atoms with Gasteiger partial charge in [-0.25, -0.2) is 9.07 Å². The molecule has 1 N–H and O–H groups in total. The van der Waals surface area contributed by atoms with E-state index in [1.807, 2.05) is 12.1 Å². The van der Waals surface area contributed by atoms with Crippen molar-refractivity contribution < 1.29 is 13.9 Å². The van der Waals surface area contributed by atoms with E-state index < -0.39 is 5.82 Å². The van der Waals surface area contributed by atoms with Gasteiger partial charge in [0.2, 0.25) is 0 Å². The molecule has 1 aromatic carbocycles. The SMILES string of the molecule is O=C(NC[C@H]1CCCO1)c1cnn(-c2ccccc2F)c1-n1cccc1. The van der Waals surface area contributed by atoms with Crippen LogP contribution in [0.25, 0.3) is 11.5 Å². The summed E-state index contributed by atoms with van der Waals surface area (Å²) in [7, 11) is 0. The van der Waals surface area contributed by atoms with Crippen LogP contribution in [0.5, 0.6) is 0 Å². The molecule has 134 valence electrons. The van der Waals surface area contributed by atoms with Crippen LogP contribution >= 0.6 is 0 Å². The second-order valence-corrected chi connectivity index (χ2v) is 6.18. The first kappa shape index (κ1) is 16.5. The Kier molecular flexibility index (Phi) is 4.53. The van der Waals surface area contributed by atoms with E-state index >= 15 is 0 Å². The van der Waals surface area contributed by atoms with Crippen LogP contribution in [0.15, 0.2) is 55.0 Å². The zero-order chi connectivity index (χ0) is 17.9. The molecule has 6 nitrogen and oxygen atoms in total. The Labute approximate surface area is 150 Å². The fourth-order valence-corrected chi connectivity index (χ4v) is 3.13. The van der Waals surface area contributed by atoms with Gasteiger partial charge in [-0.2, -0.15) is 5.10 Å². The van der Waals surface area contributed by atoms with Crippen LogP contribution in [0.1, 0.15) is 23.2 Å². The highest BCUT2D eigenvalue weighted by atomic mass is 19.1. The number of ether oxygens (including phenoxy) is 1. The van der Waals surface area contributed by atoms with Crippen LogP contribution in [0.3, 0.4) is 0 Å². The summed E-state index contributed by atoms with van der Waals surface area (Å²) in [6.45, 7) is 1.19. The van der Waals surface area contributed by atoms with E-state index in [0.717, 1.165) is 19.4 Å². The van der Waals surface area contributed by atoms with Gasteiger partial charge in [0.15, 0.2) is 5.82 Å². The third-order valence-electron chi connectivity index (χ3n) is 4.43. The zero-order valence-corrected chi connectivity index (χ0v) is 14.1. The van der Waals surface area contributed by atoms with Gasteiger partial charge in [0.05, 0.1) is 12.3 Å². The Bertz CT molecular complexity index is 898. The highest BCUT2D eigenvalue weighted by Gasteiger charge is 2.23. The number of carbonyl (C=O) groups excluding carboxylic acids is 1. The summed E-state index contributed by atoms with van der Waals surface area (Å²) in [6, 6.07) is 10.0. The molecule has 26 heavy (non-hydrogen) atoms. The summed E-state index contributed by atoms with van der Waals surface area (Å²) >= 11 is 0. The molecule has 0 bridgehead atoms. The molecule has 0 unspecified atom stereocenters. The van der Waals surface area contributed by atoms with Crippen molar-refractivity contribution in [2.75, 3.05) is 13.2 Å². The molecular formula is C19H19FN4O2. The van der Waals surface area contributed by atoms with Crippen molar-refractivity contribution in [3.8, 4) is 11.5 Å². The van der Waals surface area contributed by atoms with Gasteiger partial charge in [0.25, 0.3) is 5.91 Å². The van der Waals surface area contributed by atoms with E-state index in [1.54, 1.807) is 35.2 Å². The Balaban J connectivity index is 1.69.